The van der Waals surface area contributed by atoms with Crippen molar-refractivity contribution in [2.24, 2.45) is 0 Å². The van der Waals surface area contributed by atoms with Crippen LogP contribution in [-0.4, -0.2) is 55.1 Å². The topological polar surface area (TPSA) is 113 Å². The molecule has 1 amide bonds. The number of rotatable bonds is 9. The van der Waals surface area contributed by atoms with Crippen LogP contribution in [0.1, 0.15) is 60.4 Å². The molecule has 0 spiro atoms. The summed E-state index contributed by atoms with van der Waals surface area (Å²) in [5.74, 6) is 1.05. The lowest BCUT2D eigenvalue weighted by Gasteiger charge is -2.34. The maximum absolute atomic E-state index is 12.3. The van der Waals surface area contributed by atoms with Crippen LogP contribution in [0.15, 0.2) is 42.5 Å². The molecule has 1 N–H and O–H groups in total. The first-order valence-corrected chi connectivity index (χ1v) is 11.9. The molecule has 1 aliphatic rings. The van der Waals surface area contributed by atoms with Gasteiger partial charge in [-0.1, -0.05) is 49.1 Å². The second-order valence-electron chi connectivity index (χ2n) is 8.36. The highest BCUT2D eigenvalue weighted by molar-refractivity contribution is 6.31. The number of amides is 1. The van der Waals surface area contributed by atoms with Crippen LogP contribution >= 0.6 is 11.6 Å². The van der Waals surface area contributed by atoms with Crippen molar-refractivity contribution in [3.05, 3.63) is 64.6 Å². The lowest BCUT2D eigenvalue weighted by Crippen LogP contribution is -2.39. The third-order valence-corrected chi connectivity index (χ3v) is 6.37. The molecule has 0 radical (unpaired) electrons. The van der Waals surface area contributed by atoms with Crippen molar-refractivity contribution in [1.29, 1.82) is 5.26 Å². The number of carbonyl (C=O) groups is 1. The van der Waals surface area contributed by atoms with E-state index in [2.05, 4.69) is 30.7 Å². The van der Waals surface area contributed by atoms with Gasteiger partial charge in [0.15, 0.2) is 17.3 Å². The summed E-state index contributed by atoms with van der Waals surface area (Å²) in [5, 5.41) is 24.7. The van der Waals surface area contributed by atoms with Gasteiger partial charge in [-0.25, -0.2) is 4.98 Å². The molecule has 1 saturated carbocycles. The van der Waals surface area contributed by atoms with Crippen LogP contribution in [0, 0.1) is 11.3 Å². The number of pyridine rings is 1. The van der Waals surface area contributed by atoms with Crippen molar-refractivity contribution in [3.8, 4) is 11.9 Å². The Morgan fingerprint density at radius 1 is 1.18 bits per heavy atom. The average molecular weight is 479 g/mol. The number of hydrogen-bond acceptors (Lipinski definition) is 7. The molecule has 34 heavy (non-hydrogen) atoms. The predicted molar refractivity (Wildman–Crippen MR) is 127 cm³/mol. The second kappa shape index (κ2) is 11.7. The maximum atomic E-state index is 12.3. The van der Waals surface area contributed by atoms with Crippen LogP contribution in [0.5, 0.6) is 0 Å². The molecule has 2 heterocycles. The first-order valence-electron chi connectivity index (χ1n) is 11.6. The van der Waals surface area contributed by atoms with E-state index in [0.717, 1.165) is 25.8 Å². The van der Waals surface area contributed by atoms with E-state index in [0.29, 0.717) is 41.4 Å². The fourth-order valence-corrected chi connectivity index (χ4v) is 4.45. The van der Waals surface area contributed by atoms with Crippen molar-refractivity contribution in [2.75, 3.05) is 13.1 Å². The van der Waals surface area contributed by atoms with Gasteiger partial charge in [0.1, 0.15) is 6.07 Å². The van der Waals surface area contributed by atoms with E-state index in [1.807, 2.05) is 36.4 Å². The molecule has 1 fully saturated rings. The third-order valence-electron chi connectivity index (χ3n) is 6.07. The standard InChI is InChI=1S/C24H27ClN8O/c25-20-12-13-22(28-21(20)16-26)33-23(29-30-31-33)17-32(19-10-5-2-6-11-19)15-7-14-27-24(34)18-8-3-1-4-9-18/h1,3-4,8-9,12-13,19H,2,5-7,10-11,14-15,17H2,(H,27,34). The SMILES string of the molecule is N#Cc1nc(-n2nnnc2CN(CCCNC(=O)c2ccccc2)C2CCCCC2)ccc1Cl. The average Bonchev–Trinajstić information content (AvgIpc) is 3.35. The van der Waals surface area contributed by atoms with Crippen LogP contribution in [0.25, 0.3) is 5.82 Å². The highest BCUT2D eigenvalue weighted by Crippen LogP contribution is 2.24. The highest BCUT2D eigenvalue weighted by Gasteiger charge is 2.24. The summed E-state index contributed by atoms with van der Waals surface area (Å²) in [7, 11) is 0. The molecule has 1 aromatic carbocycles. The van der Waals surface area contributed by atoms with Gasteiger partial charge < -0.3 is 5.32 Å². The van der Waals surface area contributed by atoms with Gasteiger partial charge in [-0.2, -0.15) is 9.94 Å². The molecular formula is C24H27ClN8O. The fourth-order valence-electron chi connectivity index (χ4n) is 4.30. The molecule has 0 bridgehead atoms. The first kappa shape index (κ1) is 23.8. The summed E-state index contributed by atoms with van der Waals surface area (Å²) in [6.45, 7) is 1.95. The molecule has 3 aromatic rings. The molecule has 0 aliphatic heterocycles. The minimum Gasteiger partial charge on any atom is -0.352 e. The molecule has 2 aromatic heterocycles. The van der Waals surface area contributed by atoms with Gasteiger partial charge in [0, 0.05) is 24.7 Å². The normalized spacial score (nSPS) is 14.1. The maximum Gasteiger partial charge on any atom is 0.251 e. The van der Waals surface area contributed by atoms with Gasteiger partial charge >= 0.3 is 0 Å². The van der Waals surface area contributed by atoms with Crippen LogP contribution < -0.4 is 5.32 Å². The Morgan fingerprint density at radius 2 is 1.97 bits per heavy atom. The molecule has 4 rings (SSSR count). The summed E-state index contributed by atoms with van der Waals surface area (Å²) < 4.78 is 1.56. The number of nitrogens with zero attached hydrogens (tertiary/aromatic N) is 7. The van der Waals surface area contributed by atoms with Gasteiger partial charge in [0.25, 0.3) is 5.91 Å². The van der Waals surface area contributed by atoms with Gasteiger partial charge in [-0.15, -0.1) is 5.10 Å². The molecule has 1 aliphatic carbocycles. The summed E-state index contributed by atoms with van der Waals surface area (Å²) >= 11 is 6.03. The quantitative estimate of drug-likeness (QED) is 0.468. The van der Waals surface area contributed by atoms with Crippen molar-refractivity contribution in [3.63, 3.8) is 0 Å². The van der Waals surface area contributed by atoms with Gasteiger partial charge in [0.2, 0.25) is 0 Å². The molecule has 0 unspecified atom stereocenters. The Morgan fingerprint density at radius 3 is 2.74 bits per heavy atom. The Bertz CT molecular complexity index is 1140. The van der Waals surface area contributed by atoms with Crippen molar-refractivity contribution in [1.82, 2.24) is 35.4 Å². The minimum absolute atomic E-state index is 0.0594. The Labute approximate surface area is 203 Å². The number of nitrogens with one attached hydrogen (secondary N) is 1. The molecule has 9 nitrogen and oxygen atoms in total. The van der Waals surface area contributed by atoms with E-state index in [-0.39, 0.29) is 11.6 Å². The van der Waals surface area contributed by atoms with E-state index in [9.17, 15) is 10.1 Å². The number of nitriles is 1. The van der Waals surface area contributed by atoms with E-state index in [1.54, 1.807) is 16.8 Å². The zero-order chi connectivity index (χ0) is 23.8. The zero-order valence-electron chi connectivity index (χ0n) is 18.9. The largest absolute Gasteiger partial charge is 0.352 e. The van der Waals surface area contributed by atoms with Gasteiger partial charge in [-0.3, -0.25) is 9.69 Å². The number of carbonyl (C=O) groups excluding carboxylic acids is 1. The molecule has 0 saturated heterocycles. The highest BCUT2D eigenvalue weighted by atomic mass is 35.5. The third kappa shape index (κ3) is 5.95. The second-order valence-corrected chi connectivity index (χ2v) is 8.76. The lowest BCUT2D eigenvalue weighted by molar-refractivity contribution is 0.0947. The number of benzene rings is 1. The smallest absolute Gasteiger partial charge is 0.251 e. The summed E-state index contributed by atoms with van der Waals surface area (Å²) in [5.41, 5.74) is 0.803. The lowest BCUT2D eigenvalue weighted by atomic mass is 9.94. The minimum atomic E-state index is -0.0594. The van der Waals surface area contributed by atoms with E-state index < -0.39 is 0 Å². The number of aromatic nitrogens is 5. The Kier molecular flexibility index (Phi) is 8.17. The van der Waals surface area contributed by atoms with Gasteiger partial charge in [-0.05, 0) is 54.0 Å². The monoisotopic (exact) mass is 478 g/mol. The van der Waals surface area contributed by atoms with Crippen LogP contribution in [0.2, 0.25) is 5.02 Å². The van der Waals surface area contributed by atoms with Crippen LogP contribution in [0.3, 0.4) is 0 Å². The molecular weight excluding hydrogens is 452 g/mol. The van der Waals surface area contributed by atoms with Gasteiger partial charge in [0.05, 0.1) is 11.6 Å². The fraction of sp³-hybridized carbons (Fsp3) is 0.417. The summed E-state index contributed by atoms with van der Waals surface area (Å²) in [6, 6.07) is 15.0. The Hall–Kier alpha value is -3.35. The van der Waals surface area contributed by atoms with Crippen molar-refractivity contribution >= 4 is 17.5 Å². The molecule has 10 heteroatoms. The molecule has 176 valence electrons. The molecule has 0 atom stereocenters. The van der Waals surface area contributed by atoms with Crippen LogP contribution in [-0.2, 0) is 6.54 Å². The van der Waals surface area contributed by atoms with Crippen LogP contribution in [0.4, 0.5) is 0 Å². The Balaban J connectivity index is 1.43. The summed E-state index contributed by atoms with van der Waals surface area (Å²) in [4.78, 5) is 19.0. The first-order chi connectivity index (χ1) is 16.7. The number of hydrogen-bond donors (Lipinski definition) is 1. The summed E-state index contributed by atoms with van der Waals surface area (Å²) in [6.07, 6.45) is 6.77. The zero-order valence-corrected chi connectivity index (χ0v) is 19.7. The number of halogens is 1. The van der Waals surface area contributed by atoms with Crippen molar-refractivity contribution < 1.29 is 4.79 Å². The number of tetrazole rings is 1. The predicted octanol–water partition coefficient (Wildman–Crippen LogP) is 3.54. The van der Waals surface area contributed by atoms with E-state index >= 15 is 0 Å². The van der Waals surface area contributed by atoms with E-state index in [1.165, 1.54) is 19.3 Å². The van der Waals surface area contributed by atoms with E-state index in [4.69, 9.17) is 11.6 Å². The van der Waals surface area contributed by atoms with Crippen molar-refractivity contribution in [2.45, 2.75) is 51.1 Å².